The summed E-state index contributed by atoms with van der Waals surface area (Å²) >= 11 is 0. The van der Waals surface area contributed by atoms with Gasteiger partial charge < -0.3 is 5.32 Å². The summed E-state index contributed by atoms with van der Waals surface area (Å²) in [5.41, 5.74) is 0. The van der Waals surface area contributed by atoms with Crippen LogP contribution in [0.1, 0.15) is 20.3 Å². The fraction of sp³-hybridized carbons (Fsp3) is 0.714. The summed E-state index contributed by atoms with van der Waals surface area (Å²) in [4.78, 5) is 0. The molecule has 0 saturated heterocycles. The van der Waals surface area contributed by atoms with Crippen molar-refractivity contribution < 1.29 is 0 Å². The van der Waals surface area contributed by atoms with Crippen molar-refractivity contribution in [2.24, 2.45) is 5.92 Å². The van der Waals surface area contributed by atoms with Crippen LogP contribution in [0.25, 0.3) is 0 Å². The van der Waals surface area contributed by atoms with Gasteiger partial charge in [-0.2, -0.15) is 0 Å². The van der Waals surface area contributed by atoms with Gasteiger partial charge in [0, 0.05) is 7.05 Å². The van der Waals surface area contributed by atoms with E-state index in [1.807, 2.05) is 13.2 Å². The van der Waals surface area contributed by atoms with Crippen LogP contribution in [-0.4, -0.2) is 7.05 Å². The molecular formula is C7H15N. The van der Waals surface area contributed by atoms with Crippen LogP contribution in [0.4, 0.5) is 0 Å². The monoisotopic (exact) mass is 113 g/mol. The van der Waals surface area contributed by atoms with E-state index < -0.39 is 0 Å². The largest absolute Gasteiger partial charge is 0.394 e. The van der Waals surface area contributed by atoms with Gasteiger partial charge in [-0.05, 0) is 18.5 Å². The van der Waals surface area contributed by atoms with Crippen LogP contribution >= 0.6 is 0 Å². The van der Waals surface area contributed by atoms with Crippen molar-refractivity contribution >= 4 is 0 Å². The average molecular weight is 113 g/mol. The van der Waals surface area contributed by atoms with Crippen LogP contribution in [0.15, 0.2) is 12.3 Å². The van der Waals surface area contributed by atoms with E-state index >= 15 is 0 Å². The molecule has 1 nitrogen and oxygen atoms in total. The quantitative estimate of drug-likeness (QED) is 0.588. The molecule has 0 fully saturated rings. The van der Waals surface area contributed by atoms with Crippen LogP contribution < -0.4 is 5.32 Å². The van der Waals surface area contributed by atoms with Gasteiger partial charge in [0.1, 0.15) is 0 Å². The van der Waals surface area contributed by atoms with Gasteiger partial charge in [-0.1, -0.05) is 19.9 Å². The van der Waals surface area contributed by atoms with Gasteiger partial charge in [0.15, 0.2) is 0 Å². The molecule has 0 unspecified atom stereocenters. The average Bonchev–Trinajstić information content (AvgIpc) is 1.66. The van der Waals surface area contributed by atoms with E-state index in [2.05, 4.69) is 25.2 Å². The molecule has 0 aliphatic heterocycles. The highest BCUT2D eigenvalue weighted by Gasteiger charge is 1.84. The number of rotatable bonds is 3. The first-order valence-corrected chi connectivity index (χ1v) is 3.09. The molecule has 8 heavy (non-hydrogen) atoms. The lowest BCUT2D eigenvalue weighted by Gasteiger charge is -1.95. The van der Waals surface area contributed by atoms with Gasteiger partial charge in [0.25, 0.3) is 0 Å². The normalized spacial score (nSPS) is 11.0. The summed E-state index contributed by atoms with van der Waals surface area (Å²) in [7, 11) is 1.91. The topological polar surface area (TPSA) is 12.0 Å². The fourth-order valence-electron chi connectivity index (χ4n) is 0.458. The molecule has 0 spiro atoms. The highest BCUT2D eigenvalue weighted by atomic mass is 14.8. The molecule has 0 aromatic rings. The molecule has 0 atom stereocenters. The van der Waals surface area contributed by atoms with Crippen LogP contribution in [0.3, 0.4) is 0 Å². The summed E-state index contributed by atoms with van der Waals surface area (Å²) in [6.07, 6.45) is 5.28. The Morgan fingerprint density at radius 2 is 2.12 bits per heavy atom. The molecule has 0 rings (SSSR count). The highest BCUT2D eigenvalue weighted by molar-refractivity contribution is 4.78. The lowest BCUT2D eigenvalue weighted by atomic mass is 10.1. The molecule has 1 heteroatoms. The van der Waals surface area contributed by atoms with Gasteiger partial charge in [0.2, 0.25) is 0 Å². The second-order valence-electron chi connectivity index (χ2n) is 2.32. The summed E-state index contributed by atoms with van der Waals surface area (Å²) in [6, 6.07) is 0. The first kappa shape index (κ1) is 7.54. The summed E-state index contributed by atoms with van der Waals surface area (Å²) in [6.45, 7) is 4.42. The second kappa shape index (κ2) is 4.69. The molecule has 1 N–H and O–H groups in total. The maximum atomic E-state index is 2.94. The molecule has 0 saturated carbocycles. The number of allylic oxidation sites excluding steroid dienone is 1. The summed E-state index contributed by atoms with van der Waals surface area (Å²) < 4.78 is 0. The van der Waals surface area contributed by atoms with Crippen LogP contribution in [0.5, 0.6) is 0 Å². The first-order chi connectivity index (χ1) is 3.77. The number of hydrogen-bond donors (Lipinski definition) is 1. The van der Waals surface area contributed by atoms with Crippen molar-refractivity contribution in [3.63, 3.8) is 0 Å². The Morgan fingerprint density at radius 1 is 1.50 bits per heavy atom. The zero-order chi connectivity index (χ0) is 6.41. The summed E-state index contributed by atoms with van der Waals surface area (Å²) in [5.74, 6) is 0.777. The minimum absolute atomic E-state index is 0.777. The van der Waals surface area contributed by atoms with Gasteiger partial charge in [-0.15, -0.1) is 0 Å². The van der Waals surface area contributed by atoms with E-state index in [0.29, 0.717) is 0 Å². The SMILES string of the molecule is CN/C=C/CC(C)C. The van der Waals surface area contributed by atoms with Gasteiger partial charge >= 0.3 is 0 Å². The van der Waals surface area contributed by atoms with E-state index in [9.17, 15) is 0 Å². The molecule has 0 aliphatic rings. The van der Waals surface area contributed by atoms with E-state index in [4.69, 9.17) is 0 Å². The Morgan fingerprint density at radius 3 is 2.50 bits per heavy atom. The predicted octanol–water partition coefficient (Wildman–Crippen LogP) is 1.77. The lowest BCUT2D eigenvalue weighted by Crippen LogP contribution is -1.92. The fourth-order valence-corrected chi connectivity index (χ4v) is 0.458. The molecule has 0 heterocycles. The van der Waals surface area contributed by atoms with Crippen molar-refractivity contribution in [3.05, 3.63) is 12.3 Å². The zero-order valence-electron chi connectivity index (χ0n) is 5.94. The van der Waals surface area contributed by atoms with Crippen molar-refractivity contribution in [3.8, 4) is 0 Å². The molecule has 48 valence electrons. The summed E-state index contributed by atoms with van der Waals surface area (Å²) in [5, 5.41) is 2.94. The van der Waals surface area contributed by atoms with Crippen molar-refractivity contribution in [1.82, 2.24) is 5.32 Å². The standard InChI is InChI=1S/C7H15N/c1-7(2)5-4-6-8-3/h4,6-8H,5H2,1-3H3/b6-4+. The smallest absolute Gasteiger partial charge is 0.00276 e. The lowest BCUT2D eigenvalue weighted by molar-refractivity contribution is 0.662. The molecule has 0 amide bonds. The van der Waals surface area contributed by atoms with E-state index in [1.54, 1.807) is 0 Å². The molecule has 0 aromatic carbocycles. The Balaban J connectivity index is 3.03. The molecule has 0 radical (unpaired) electrons. The Bertz CT molecular complexity index is 64.8. The van der Waals surface area contributed by atoms with E-state index in [-0.39, 0.29) is 0 Å². The highest BCUT2D eigenvalue weighted by Crippen LogP contribution is 1.98. The maximum Gasteiger partial charge on any atom is 0.00276 e. The molecular weight excluding hydrogens is 98.1 g/mol. The Hall–Kier alpha value is -0.460. The zero-order valence-corrected chi connectivity index (χ0v) is 5.94. The third-order valence-corrected chi connectivity index (χ3v) is 0.892. The minimum atomic E-state index is 0.777. The Labute approximate surface area is 51.8 Å². The van der Waals surface area contributed by atoms with Gasteiger partial charge in [0.05, 0.1) is 0 Å². The van der Waals surface area contributed by atoms with E-state index in [0.717, 1.165) is 5.92 Å². The Kier molecular flexibility index (Phi) is 4.42. The van der Waals surface area contributed by atoms with Crippen molar-refractivity contribution in [1.29, 1.82) is 0 Å². The third-order valence-electron chi connectivity index (χ3n) is 0.892. The molecule has 0 aromatic heterocycles. The molecule has 0 aliphatic carbocycles. The van der Waals surface area contributed by atoms with Crippen LogP contribution in [0.2, 0.25) is 0 Å². The van der Waals surface area contributed by atoms with Crippen molar-refractivity contribution in [2.75, 3.05) is 7.05 Å². The second-order valence-corrected chi connectivity index (χ2v) is 2.32. The van der Waals surface area contributed by atoms with Gasteiger partial charge in [-0.3, -0.25) is 0 Å². The number of nitrogens with one attached hydrogen (secondary N) is 1. The number of hydrogen-bond acceptors (Lipinski definition) is 1. The minimum Gasteiger partial charge on any atom is -0.394 e. The van der Waals surface area contributed by atoms with Crippen LogP contribution in [-0.2, 0) is 0 Å². The third kappa shape index (κ3) is 5.54. The first-order valence-electron chi connectivity index (χ1n) is 3.09. The van der Waals surface area contributed by atoms with Crippen LogP contribution in [0, 0.1) is 5.92 Å². The van der Waals surface area contributed by atoms with E-state index in [1.165, 1.54) is 6.42 Å². The molecule has 0 bridgehead atoms. The predicted molar refractivity (Wildman–Crippen MR) is 37.7 cm³/mol. The van der Waals surface area contributed by atoms with Gasteiger partial charge in [-0.25, -0.2) is 0 Å². The maximum absolute atomic E-state index is 2.94. The van der Waals surface area contributed by atoms with Crippen molar-refractivity contribution in [2.45, 2.75) is 20.3 Å².